The van der Waals surface area contributed by atoms with Crippen LogP contribution in [0, 0.1) is 11.7 Å². The quantitative estimate of drug-likeness (QED) is 0.191. The molecule has 2 saturated heterocycles. The van der Waals surface area contributed by atoms with Crippen molar-refractivity contribution in [3.8, 4) is 0 Å². The van der Waals surface area contributed by atoms with Crippen LogP contribution < -0.4 is 9.80 Å². The number of anilines is 2. The van der Waals surface area contributed by atoms with Crippen molar-refractivity contribution in [3.05, 3.63) is 77.2 Å². The van der Waals surface area contributed by atoms with Crippen molar-refractivity contribution < 1.29 is 18.7 Å². The molecule has 3 heterocycles. The van der Waals surface area contributed by atoms with Crippen LogP contribution in [0.15, 0.2) is 59.8 Å². The van der Waals surface area contributed by atoms with Gasteiger partial charge in [-0.2, -0.15) is 0 Å². The number of piperidine rings is 1. The summed E-state index contributed by atoms with van der Waals surface area (Å²) in [6.45, 7) is 8.25. The fraction of sp³-hybridized carbons (Fsp3) is 0.438. The minimum atomic E-state index is -0.252. The monoisotopic (exact) mass is 591 g/mol. The average Bonchev–Trinajstić information content (AvgIpc) is 3.04. The average molecular weight is 592 g/mol. The van der Waals surface area contributed by atoms with Crippen molar-refractivity contribution >= 4 is 35.1 Å². The van der Waals surface area contributed by atoms with Crippen LogP contribution in [0.5, 0.6) is 0 Å². The molecule has 0 aliphatic carbocycles. The van der Waals surface area contributed by atoms with E-state index < -0.39 is 0 Å². The van der Waals surface area contributed by atoms with Gasteiger partial charge in [-0.05, 0) is 56.0 Å². The number of para-hydroxylation sites is 1. The van der Waals surface area contributed by atoms with Crippen molar-refractivity contribution in [3.63, 3.8) is 0 Å². The van der Waals surface area contributed by atoms with Crippen LogP contribution >= 0.6 is 11.8 Å². The third-order valence-corrected chi connectivity index (χ3v) is 8.72. The summed E-state index contributed by atoms with van der Waals surface area (Å²) in [5, 5.41) is 0.722. The minimum Gasteiger partial charge on any atom is -0.466 e. The van der Waals surface area contributed by atoms with E-state index in [0.717, 1.165) is 67.7 Å². The van der Waals surface area contributed by atoms with Crippen molar-refractivity contribution in [2.75, 3.05) is 55.7 Å². The highest BCUT2D eigenvalue weighted by Crippen LogP contribution is 2.26. The van der Waals surface area contributed by atoms with E-state index in [-0.39, 0.29) is 23.6 Å². The molecule has 5 rings (SSSR count). The third kappa shape index (κ3) is 7.21. The lowest BCUT2D eigenvalue weighted by atomic mass is 9.97. The molecule has 1 amide bonds. The summed E-state index contributed by atoms with van der Waals surface area (Å²) >= 11 is 1.58. The summed E-state index contributed by atoms with van der Waals surface area (Å²) in [6, 6.07) is 16.6. The molecule has 2 fully saturated rings. The standard InChI is InChI=1S/C32H38FN5O3S/c1-3-26-20-29(37-18-16-36(17-19-37)28-10-6-5-9-27(28)33)35-32(34-26)42-22-23-11-13-24(14-12-23)30(39)38-15-7-8-25(21-38)31(40)41-4-2/h5-6,9-14,20,25H,3-4,7-8,15-19,21-22H2,1-2H3. The first-order chi connectivity index (χ1) is 20.4. The lowest BCUT2D eigenvalue weighted by Gasteiger charge is -2.37. The first-order valence-electron chi connectivity index (χ1n) is 14.7. The number of halogens is 1. The summed E-state index contributed by atoms with van der Waals surface area (Å²) in [5.74, 6) is 0.869. The summed E-state index contributed by atoms with van der Waals surface area (Å²) in [6.07, 6.45) is 2.36. The van der Waals surface area contributed by atoms with Gasteiger partial charge in [0.1, 0.15) is 11.6 Å². The van der Waals surface area contributed by atoms with Gasteiger partial charge in [0.15, 0.2) is 5.16 Å². The normalized spacial score (nSPS) is 17.3. The second kappa shape index (κ2) is 14.0. The predicted molar refractivity (Wildman–Crippen MR) is 163 cm³/mol. The molecule has 3 aromatic rings. The Hall–Kier alpha value is -3.66. The number of amides is 1. The number of hydrogen-bond acceptors (Lipinski definition) is 8. The van der Waals surface area contributed by atoms with Crippen LogP contribution in [-0.4, -0.2) is 72.6 Å². The second-order valence-electron chi connectivity index (χ2n) is 10.6. The molecular weight excluding hydrogens is 553 g/mol. The number of nitrogens with zero attached hydrogens (tertiary/aromatic N) is 5. The van der Waals surface area contributed by atoms with Gasteiger partial charge in [-0.3, -0.25) is 9.59 Å². The van der Waals surface area contributed by atoms with Crippen molar-refractivity contribution in [1.82, 2.24) is 14.9 Å². The van der Waals surface area contributed by atoms with Gasteiger partial charge in [-0.15, -0.1) is 0 Å². The molecule has 0 bridgehead atoms. The molecule has 42 heavy (non-hydrogen) atoms. The summed E-state index contributed by atoms with van der Waals surface area (Å²) in [5.41, 5.74) is 3.33. The lowest BCUT2D eigenvalue weighted by molar-refractivity contribution is -0.149. The molecule has 1 aromatic heterocycles. The molecule has 0 N–H and O–H groups in total. The Bertz CT molecular complexity index is 1380. The zero-order valence-corrected chi connectivity index (χ0v) is 25.1. The van der Waals surface area contributed by atoms with E-state index in [2.05, 4.69) is 22.8 Å². The van der Waals surface area contributed by atoms with Crippen molar-refractivity contribution in [1.29, 1.82) is 0 Å². The number of hydrogen-bond donors (Lipinski definition) is 0. The molecule has 2 aliphatic heterocycles. The number of rotatable bonds is 9. The first kappa shape index (κ1) is 29.8. The molecule has 8 nitrogen and oxygen atoms in total. The molecule has 10 heteroatoms. The van der Waals surface area contributed by atoms with Gasteiger partial charge in [0, 0.05) is 62.3 Å². The number of likely N-dealkylation sites (tertiary alicyclic amines) is 1. The largest absolute Gasteiger partial charge is 0.466 e. The maximum absolute atomic E-state index is 14.3. The lowest BCUT2D eigenvalue weighted by Crippen LogP contribution is -2.47. The van der Waals surface area contributed by atoms with Gasteiger partial charge in [-0.1, -0.05) is 43.0 Å². The Morgan fingerprint density at radius 3 is 2.43 bits per heavy atom. The summed E-state index contributed by atoms with van der Waals surface area (Å²) < 4.78 is 19.4. The van der Waals surface area contributed by atoms with E-state index in [1.54, 1.807) is 29.7 Å². The number of thioether (sulfide) groups is 1. The van der Waals surface area contributed by atoms with Crippen LogP contribution in [0.25, 0.3) is 0 Å². The van der Waals surface area contributed by atoms with Crippen LogP contribution in [0.2, 0.25) is 0 Å². The van der Waals surface area contributed by atoms with Gasteiger partial charge in [0.05, 0.1) is 18.2 Å². The Kier molecular flexibility index (Phi) is 9.94. The Balaban J connectivity index is 1.18. The van der Waals surface area contributed by atoms with Crippen LogP contribution in [0.4, 0.5) is 15.9 Å². The van der Waals surface area contributed by atoms with E-state index in [1.807, 2.05) is 36.4 Å². The number of benzene rings is 2. The van der Waals surface area contributed by atoms with Gasteiger partial charge in [0.25, 0.3) is 5.91 Å². The summed E-state index contributed by atoms with van der Waals surface area (Å²) in [4.78, 5) is 41.0. The topological polar surface area (TPSA) is 78.9 Å². The van der Waals surface area contributed by atoms with Gasteiger partial charge in [-0.25, -0.2) is 14.4 Å². The van der Waals surface area contributed by atoms with Crippen LogP contribution in [0.1, 0.15) is 48.3 Å². The molecule has 1 unspecified atom stereocenters. The highest BCUT2D eigenvalue weighted by Gasteiger charge is 2.30. The molecular formula is C32H38FN5O3S. The molecule has 2 aromatic carbocycles. The van der Waals surface area contributed by atoms with E-state index in [4.69, 9.17) is 14.7 Å². The Morgan fingerprint density at radius 1 is 0.976 bits per heavy atom. The number of ether oxygens (including phenoxy) is 1. The maximum Gasteiger partial charge on any atom is 0.310 e. The number of aromatic nitrogens is 2. The van der Waals surface area contributed by atoms with Gasteiger partial charge in [0.2, 0.25) is 0 Å². The van der Waals surface area contributed by atoms with Crippen LogP contribution in [-0.2, 0) is 21.7 Å². The molecule has 0 spiro atoms. The number of aryl methyl sites for hydroxylation is 1. The Labute approximate surface area is 251 Å². The Morgan fingerprint density at radius 2 is 1.71 bits per heavy atom. The van der Waals surface area contributed by atoms with Crippen molar-refractivity contribution in [2.45, 2.75) is 44.0 Å². The number of carbonyl (C=O) groups is 2. The SMILES string of the molecule is CCOC(=O)C1CCCN(C(=O)c2ccc(CSc3nc(CC)cc(N4CCN(c5ccccc5F)CC4)n3)cc2)C1. The minimum absolute atomic E-state index is 0.0538. The van der Waals surface area contributed by atoms with E-state index >= 15 is 0 Å². The van der Waals surface area contributed by atoms with Gasteiger partial charge < -0.3 is 19.4 Å². The smallest absolute Gasteiger partial charge is 0.310 e. The number of carbonyl (C=O) groups excluding carboxylic acids is 2. The predicted octanol–water partition coefficient (Wildman–Crippen LogP) is 5.21. The van der Waals surface area contributed by atoms with E-state index in [0.29, 0.717) is 36.7 Å². The fourth-order valence-electron chi connectivity index (χ4n) is 5.44. The molecule has 0 radical (unpaired) electrons. The first-order valence-corrected chi connectivity index (χ1v) is 15.7. The highest BCUT2D eigenvalue weighted by molar-refractivity contribution is 7.98. The zero-order chi connectivity index (χ0) is 29.5. The maximum atomic E-state index is 14.3. The number of piperazine rings is 1. The molecule has 1 atom stereocenters. The second-order valence-corrected chi connectivity index (χ2v) is 11.5. The number of esters is 1. The highest BCUT2D eigenvalue weighted by atomic mass is 32.2. The molecule has 0 saturated carbocycles. The van der Waals surface area contributed by atoms with E-state index in [9.17, 15) is 14.0 Å². The third-order valence-electron chi connectivity index (χ3n) is 7.80. The fourth-order valence-corrected chi connectivity index (χ4v) is 6.27. The molecule has 2 aliphatic rings. The van der Waals surface area contributed by atoms with E-state index in [1.165, 1.54) is 6.07 Å². The van der Waals surface area contributed by atoms with Gasteiger partial charge >= 0.3 is 5.97 Å². The van der Waals surface area contributed by atoms with Crippen LogP contribution in [0.3, 0.4) is 0 Å². The summed E-state index contributed by atoms with van der Waals surface area (Å²) in [7, 11) is 0. The zero-order valence-electron chi connectivity index (χ0n) is 24.3. The van der Waals surface area contributed by atoms with Crippen molar-refractivity contribution in [2.24, 2.45) is 5.92 Å². The molecule has 222 valence electrons.